The summed E-state index contributed by atoms with van der Waals surface area (Å²) in [5, 5.41) is 3.39. The SMILES string of the molecule is [N-]=[N+]=NC[C]1[CH][CH][CH][CH]1. The predicted octanol–water partition coefficient (Wildman–Crippen LogP) is 1.70. The van der Waals surface area contributed by atoms with Crippen LogP contribution in [0.3, 0.4) is 0 Å². The Morgan fingerprint density at radius 3 is 2.67 bits per heavy atom. The first-order valence-electron chi connectivity index (χ1n) is 2.65. The number of hydrogen-bond donors (Lipinski definition) is 0. The Morgan fingerprint density at radius 2 is 2.11 bits per heavy atom. The molecule has 5 radical (unpaired) electrons. The molecule has 0 atom stereocenters. The summed E-state index contributed by atoms with van der Waals surface area (Å²) in [7, 11) is 0. The molecule has 3 nitrogen and oxygen atoms in total. The highest BCUT2D eigenvalue weighted by Crippen LogP contribution is 2.22. The Morgan fingerprint density at radius 1 is 1.44 bits per heavy atom. The average molecular weight is 120 g/mol. The highest BCUT2D eigenvalue weighted by molar-refractivity contribution is 5.35. The van der Waals surface area contributed by atoms with Gasteiger partial charge >= 0.3 is 0 Å². The summed E-state index contributed by atoms with van der Waals surface area (Å²) in [5.74, 6) is 1.06. The predicted molar refractivity (Wildman–Crippen MR) is 34.5 cm³/mol. The fourth-order valence-electron chi connectivity index (χ4n) is 0.633. The van der Waals surface area contributed by atoms with Gasteiger partial charge in [-0.1, -0.05) is 5.11 Å². The van der Waals surface area contributed by atoms with Gasteiger partial charge in [-0.2, -0.15) is 0 Å². The van der Waals surface area contributed by atoms with E-state index < -0.39 is 0 Å². The number of azide groups is 1. The molecule has 0 heterocycles. The first-order valence-corrected chi connectivity index (χ1v) is 2.65. The quantitative estimate of drug-likeness (QED) is 0.302. The third kappa shape index (κ3) is 1.94. The van der Waals surface area contributed by atoms with Crippen LogP contribution in [-0.2, 0) is 0 Å². The summed E-state index contributed by atoms with van der Waals surface area (Å²) in [6.07, 6.45) is 7.69. The van der Waals surface area contributed by atoms with E-state index in [0.29, 0.717) is 6.54 Å². The fraction of sp³-hybridized carbons (Fsp3) is 0.167. The summed E-state index contributed by atoms with van der Waals surface area (Å²) >= 11 is 0. The van der Waals surface area contributed by atoms with E-state index in [9.17, 15) is 0 Å². The monoisotopic (exact) mass is 120 g/mol. The molecule has 0 amide bonds. The highest BCUT2D eigenvalue weighted by atomic mass is 15.1. The molecule has 9 heavy (non-hydrogen) atoms. The van der Waals surface area contributed by atoms with Crippen LogP contribution in [0.15, 0.2) is 5.11 Å². The summed E-state index contributed by atoms with van der Waals surface area (Å²) in [4.78, 5) is 2.64. The molecular formula is C6H6N3. The van der Waals surface area contributed by atoms with E-state index in [4.69, 9.17) is 5.53 Å². The minimum Gasteiger partial charge on any atom is -0.0934 e. The van der Waals surface area contributed by atoms with E-state index in [1.54, 1.807) is 0 Å². The van der Waals surface area contributed by atoms with Gasteiger partial charge in [0.2, 0.25) is 0 Å². The summed E-state index contributed by atoms with van der Waals surface area (Å²) in [5.41, 5.74) is 7.92. The molecule has 0 bridgehead atoms. The van der Waals surface area contributed by atoms with Crippen molar-refractivity contribution in [3.05, 3.63) is 42.0 Å². The zero-order valence-electron chi connectivity index (χ0n) is 4.86. The lowest BCUT2D eigenvalue weighted by Crippen LogP contribution is -1.94. The van der Waals surface area contributed by atoms with Crippen LogP contribution in [0.5, 0.6) is 0 Å². The number of hydrogen-bond acceptors (Lipinski definition) is 1. The molecule has 0 aromatic heterocycles. The van der Waals surface area contributed by atoms with Crippen LogP contribution in [0.1, 0.15) is 0 Å². The van der Waals surface area contributed by atoms with Crippen LogP contribution in [0.25, 0.3) is 10.4 Å². The zero-order chi connectivity index (χ0) is 6.53. The Labute approximate surface area is 54.7 Å². The van der Waals surface area contributed by atoms with Crippen molar-refractivity contribution >= 4 is 0 Å². The van der Waals surface area contributed by atoms with Gasteiger partial charge in [-0.15, -0.1) is 0 Å². The van der Waals surface area contributed by atoms with Gasteiger partial charge in [-0.3, -0.25) is 0 Å². The molecule has 0 spiro atoms. The topological polar surface area (TPSA) is 48.8 Å². The van der Waals surface area contributed by atoms with E-state index in [1.165, 1.54) is 0 Å². The third-order valence-corrected chi connectivity index (χ3v) is 1.05. The molecule has 45 valence electrons. The van der Waals surface area contributed by atoms with Gasteiger partial charge in [0.15, 0.2) is 0 Å². The van der Waals surface area contributed by atoms with E-state index in [-0.39, 0.29) is 0 Å². The van der Waals surface area contributed by atoms with E-state index in [2.05, 4.69) is 10.0 Å². The molecule has 0 aliphatic heterocycles. The molecule has 1 aliphatic carbocycles. The smallest absolute Gasteiger partial charge is 0.0325 e. The second kappa shape index (κ2) is 3.36. The van der Waals surface area contributed by atoms with Crippen LogP contribution in [0.2, 0.25) is 0 Å². The van der Waals surface area contributed by atoms with Crippen molar-refractivity contribution in [2.75, 3.05) is 6.54 Å². The van der Waals surface area contributed by atoms with E-state index in [0.717, 1.165) is 5.92 Å². The Hall–Kier alpha value is -0.690. The molecule has 0 saturated heterocycles. The minimum absolute atomic E-state index is 0.462. The fourth-order valence-corrected chi connectivity index (χ4v) is 0.633. The van der Waals surface area contributed by atoms with Crippen LogP contribution in [0, 0.1) is 31.6 Å². The standard InChI is InChI=1S/C6H6N3/c7-9-8-5-6-3-1-2-4-6/h1-4H,5H2. The number of rotatable bonds is 2. The highest BCUT2D eigenvalue weighted by Gasteiger charge is 2.14. The van der Waals surface area contributed by atoms with E-state index >= 15 is 0 Å². The molecule has 3 heteroatoms. The zero-order valence-corrected chi connectivity index (χ0v) is 4.86. The van der Waals surface area contributed by atoms with Crippen LogP contribution < -0.4 is 0 Å². The van der Waals surface area contributed by atoms with Gasteiger partial charge in [0, 0.05) is 11.5 Å². The summed E-state index contributed by atoms with van der Waals surface area (Å²) in [6.45, 7) is 0.462. The van der Waals surface area contributed by atoms with Gasteiger partial charge in [0.25, 0.3) is 0 Å². The number of nitrogens with zero attached hydrogens (tertiary/aromatic N) is 3. The second-order valence-electron chi connectivity index (χ2n) is 1.68. The molecule has 0 aromatic carbocycles. The molecule has 0 aromatic rings. The van der Waals surface area contributed by atoms with Crippen LogP contribution >= 0.6 is 0 Å². The molecule has 1 rings (SSSR count). The molecule has 1 fully saturated rings. The van der Waals surface area contributed by atoms with Crippen molar-refractivity contribution in [2.24, 2.45) is 5.11 Å². The maximum Gasteiger partial charge on any atom is 0.0325 e. The largest absolute Gasteiger partial charge is 0.0934 e. The van der Waals surface area contributed by atoms with Crippen molar-refractivity contribution in [1.29, 1.82) is 0 Å². The van der Waals surface area contributed by atoms with Crippen molar-refractivity contribution in [2.45, 2.75) is 0 Å². The van der Waals surface area contributed by atoms with Gasteiger partial charge in [0.05, 0.1) is 0 Å². The third-order valence-electron chi connectivity index (χ3n) is 1.05. The lowest BCUT2D eigenvalue weighted by Gasteiger charge is -1.98. The second-order valence-corrected chi connectivity index (χ2v) is 1.68. The van der Waals surface area contributed by atoms with E-state index in [1.807, 2.05) is 25.7 Å². The lowest BCUT2D eigenvalue weighted by atomic mass is 10.1. The normalized spacial score (nSPS) is 19.6. The molecule has 0 unspecified atom stereocenters. The maximum absolute atomic E-state index is 7.92. The van der Waals surface area contributed by atoms with Crippen molar-refractivity contribution < 1.29 is 0 Å². The minimum atomic E-state index is 0.462. The van der Waals surface area contributed by atoms with Gasteiger partial charge < -0.3 is 0 Å². The van der Waals surface area contributed by atoms with Crippen LogP contribution in [-0.4, -0.2) is 6.54 Å². The lowest BCUT2D eigenvalue weighted by molar-refractivity contribution is 1.03. The van der Waals surface area contributed by atoms with Gasteiger partial charge in [0.1, 0.15) is 0 Å². The first-order chi connectivity index (χ1) is 4.43. The first kappa shape index (κ1) is 6.43. The summed E-state index contributed by atoms with van der Waals surface area (Å²) in [6, 6.07) is 0. The van der Waals surface area contributed by atoms with Gasteiger partial charge in [-0.05, 0) is 37.1 Å². The van der Waals surface area contributed by atoms with Crippen molar-refractivity contribution in [3.63, 3.8) is 0 Å². The molecule has 1 saturated carbocycles. The molecular weight excluding hydrogens is 114 g/mol. The Kier molecular flexibility index (Phi) is 2.40. The Balaban J connectivity index is 2.18. The van der Waals surface area contributed by atoms with Crippen molar-refractivity contribution in [3.8, 4) is 0 Å². The van der Waals surface area contributed by atoms with Gasteiger partial charge in [-0.25, -0.2) is 0 Å². The summed E-state index contributed by atoms with van der Waals surface area (Å²) < 4.78 is 0. The van der Waals surface area contributed by atoms with Crippen LogP contribution in [0.4, 0.5) is 0 Å². The maximum atomic E-state index is 7.92. The Bertz CT molecular complexity index is 120. The molecule has 0 N–H and O–H groups in total. The molecule has 1 aliphatic rings. The average Bonchev–Trinajstić information content (AvgIpc) is 2.34. The van der Waals surface area contributed by atoms with Crippen molar-refractivity contribution in [1.82, 2.24) is 0 Å².